The van der Waals surface area contributed by atoms with Crippen molar-refractivity contribution in [2.24, 2.45) is 0 Å². The minimum atomic E-state index is 0.0684. The zero-order valence-electron chi connectivity index (χ0n) is 13.3. The molecule has 0 bridgehead atoms. The summed E-state index contributed by atoms with van der Waals surface area (Å²) in [6.45, 7) is 4.10. The molecule has 22 heavy (non-hydrogen) atoms. The quantitative estimate of drug-likeness (QED) is 0.816. The lowest BCUT2D eigenvalue weighted by Gasteiger charge is -2.11. The van der Waals surface area contributed by atoms with Gasteiger partial charge in [-0.1, -0.05) is 12.1 Å². The maximum atomic E-state index is 5.71. The highest BCUT2D eigenvalue weighted by Crippen LogP contribution is 2.29. The molecule has 0 spiro atoms. The van der Waals surface area contributed by atoms with Crippen LogP contribution in [0.1, 0.15) is 43.1 Å². The van der Waals surface area contributed by atoms with Crippen molar-refractivity contribution in [3.63, 3.8) is 0 Å². The Balaban J connectivity index is 1.99. The zero-order chi connectivity index (χ0) is 16.1. The predicted molar refractivity (Wildman–Crippen MR) is 86.6 cm³/mol. The van der Waals surface area contributed by atoms with E-state index in [-0.39, 0.29) is 11.2 Å². The first-order chi connectivity index (χ1) is 10.5. The molecule has 2 aromatic rings. The van der Waals surface area contributed by atoms with Crippen LogP contribution in [0.25, 0.3) is 0 Å². The van der Waals surface area contributed by atoms with E-state index in [1.54, 1.807) is 16.7 Å². The van der Waals surface area contributed by atoms with Crippen LogP contribution in [-0.2, 0) is 12.2 Å². The van der Waals surface area contributed by atoms with Gasteiger partial charge in [-0.25, -0.2) is 0 Å². The molecule has 0 aromatic carbocycles. The molecular weight excluding hydrogens is 302 g/mol. The van der Waals surface area contributed by atoms with Gasteiger partial charge in [0.1, 0.15) is 5.82 Å². The molecule has 2 N–H and O–H groups in total. The molecule has 0 unspecified atom stereocenters. The molecule has 0 fully saturated rings. The largest absolute Gasteiger partial charge is 0.368 e. The molecule has 2 rings (SSSR count). The van der Waals surface area contributed by atoms with Crippen molar-refractivity contribution in [2.45, 2.75) is 37.7 Å². The number of hydrogen-bond donors (Lipinski definition) is 1. The number of aromatic nitrogens is 5. The summed E-state index contributed by atoms with van der Waals surface area (Å²) in [6, 6.07) is 0. The summed E-state index contributed by atoms with van der Waals surface area (Å²) in [5.41, 5.74) is 5.71. The SMILES string of the molecule is CCCc1noc([C@H](C)SCc2nc(N)nc(N(C)C)n2)n1. The van der Waals surface area contributed by atoms with Crippen molar-refractivity contribution in [3.8, 4) is 0 Å². The third kappa shape index (κ3) is 4.30. The van der Waals surface area contributed by atoms with Crippen molar-refractivity contribution in [1.29, 1.82) is 0 Å². The Morgan fingerprint density at radius 3 is 2.64 bits per heavy atom. The molecule has 9 heteroatoms. The van der Waals surface area contributed by atoms with E-state index in [2.05, 4.69) is 32.0 Å². The summed E-state index contributed by atoms with van der Waals surface area (Å²) in [6.07, 6.45) is 1.83. The van der Waals surface area contributed by atoms with Crippen molar-refractivity contribution in [3.05, 3.63) is 17.5 Å². The van der Waals surface area contributed by atoms with Gasteiger partial charge in [-0.05, 0) is 13.3 Å². The highest BCUT2D eigenvalue weighted by molar-refractivity contribution is 7.98. The van der Waals surface area contributed by atoms with Crippen LogP contribution >= 0.6 is 11.8 Å². The minimum absolute atomic E-state index is 0.0684. The van der Waals surface area contributed by atoms with E-state index in [1.807, 2.05) is 21.0 Å². The van der Waals surface area contributed by atoms with Gasteiger partial charge in [0.05, 0.1) is 11.0 Å². The van der Waals surface area contributed by atoms with Crippen LogP contribution in [0.3, 0.4) is 0 Å². The first-order valence-corrected chi connectivity index (χ1v) is 8.16. The van der Waals surface area contributed by atoms with Crippen molar-refractivity contribution < 1.29 is 4.52 Å². The van der Waals surface area contributed by atoms with Gasteiger partial charge in [-0.3, -0.25) is 0 Å². The van der Waals surface area contributed by atoms with E-state index in [1.165, 1.54) is 0 Å². The Labute approximate surface area is 133 Å². The summed E-state index contributed by atoms with van der Waals surface area (Å²) in [4.78, 5) is 18.8. The second kappa shape index (κ2) is 7.39. The first-order valence-electron chi connectivity index (χ1n) is 7.11. The first kappa shape index (κ1) is 16.5. The lowest BCUT2D eigenvalue weighted by molar-refractivity contribution is 0.374. The summed E-state index contributed by atoms with van der Waals surface area (Å²) in [7, 11) is 3.73. The van der Waals surface area contributed by atoms with Gasteiger partial charge in [-0.2, -0.15) is 19.9 Å². The summed E-state index contributed by atoms with van der Waals surface area (Å²) < 4.78 is 5.29. The van der Waals surface area contributed by atoms with Gasteiger partial charge in [0, 0.05) is 20.5 Å². The monoisotopic (exact) mass is 323 g/mol. The van der Waals surface area contributed by atoms with Gasteiger partial charge in [0.25, 0.3) is 0 Å². The number of anilines is 2. The van der Waals surface area contributed by atoms with E-state index in [4.69, 9.17) is 10.3 Å². The Morgan fingerprint density at radius 2 is 1.95 bits per heavy atom. The lowest BCUT2D eigenvalue weighted by atomic mass is 10.3. The van der Waals surface area contributed by atoms with Crippen LogP contribution in [-0.4, -0.2) is 39.2 Å². The fraction of sp³-hybridized carbons (Fsp3) is 0.615. The number of hydrogen-bond acceptors (Lipinski definition) is 9. The molecule has 0 radical (unpaired) electrons. The Bertz CT molecular complexity index is 616. The molecule has 120 valence electrons. The number of aryl methyl sites for hydroxylation is 1. The third-order valence-corrected chi connectivity index (χ3v) is 3.98. The average Bonchev–Trinajstić information content (AvgIpc) is 2.93. The summed E-state index contributed by atoms with van der Waals surface area (Å²) in [5, 5.41) is 4.03. The van der Waals surface area contributed by atoms with Crippen LogP contribution in [0.5, 0.6) is 0 Å². The van der Waals surface area contributed by atoms with Gasteiger partial charge in [-0.15, -0.1) is 11.8 Å². The molecule has 0 saturated heterocycles. The van der Waals surface area contributed by atoms with Crippen LogP contribution in [0, 0.1) is 0 Å². The van der Waals surface area contributed by atoms with Crippen LogP contribution < -0.4 is 10.6 Å². The number of rotatable bonds is 7. The molecular formula is C13H21N7OS. The molecule has 0 aliphatic rings. The molecule has 1 atom stereocenters. The topological polar surface area (TPSA) is 107 Å². The van der Waals surface area contributed by atoms with E-state index < -0.39 is 0 Å². The predicted octanol–water partition coefficient (Wildman–Crippen LogP) is 1.85. The maximum Gasteiger partial charge on any atom is 0.239 e. The van der Waals surface area contributed by atoms with E-state index >= 15 is 0 Å². The number of thioether (sulfide) groups is 1. The number of nitrogens with zero attached hydrogens (tertiary/aromatic N) is 6. The lowest BCUT2D eigenvalue weighted by Crippen LogP contribution is -2.16. The van der Waals surface area contributed by atoms with Crippen molar-refractivity contribution in [2.75, 3.05) is 24.7 Å². The molecule has 8 nitrogen and oxygen atoms in total. The Morgan fingerprint density at radius 1 is 1.18 bits per heavy atom. The van der Waals surface area contributed by atoms with Crippen molar-refractivity contribution in [1.82, 2.24) is 25.1 Å². The highest BCUT2D eigenvalue weighted by Gasteiger charge is 2.16. The van der Waals surface area contributed by atoms with Crippen molar-refractivity contribution >= 4 is 23.7 Å². The number of nitrogen functional groups attached to an aromatic ring is 1. The van der Waals surface area contributed by atoms with Crippen LogP contribution in [0.15, 0.2) is 4.52 Å². The smallest absolute Gasteiger partial charge is 0.239 e. The molecule has 0 saturated carbocycles. The minimum Gasteiger partial charge on any atom is -0.368 e. The van der Waals surface area contributed by atoms with Crippen LogP contribution in [0.2, 0.25) is 0 Å². The van der Waals surface area contributed by atoms with Gasteiger partial charge in [0.15, 0.2) is 5.82 Å². The van der Waals surface area contributed by atoms with Gasteiger partial charge >= 0.3 is 0 Å². The fourth-order valence-corrected chi connectivity index (χ4v) is 2.48. The average molecular weight is 323 g/mol. The van der Waals surface area contributed by atoms with Gasteiger partial charge < -0.3 is 15.2 Å². The fourth-order valence-electron chi connectivity index (χ4n) is 1.72. The van der Waals surface area contributed by atoms with E-state index in [9.17, 15) is 0 Å². The summed E-state index contributed by atoms with van der Waals surface area (Å²) >= 11 is 1.62. The Kier molecular flexibility index (Phi) is 5.53. The highest BCUT2D eigenvalue weighted by atomic mass is 32.2. The maximum absolute atomic E-state index is 5.71. The molecule has 2 heterocycles. The number of nitrogens with two attached hydrogens (primary N) is 1. The molecule has 2 aromatic heterocycles. The Hall–Kier alpha value is -1.90. The standard InChI is InChI=1S/C13H21N7OS/c1-5-6-9-15-11(21-19-9)8(2)22-7-10-16-12(14)18-13(17-10)20(3)4/h8H,5-7H2,1-4H3,(H2,14,16,17,18)/t8-/m0/s1. The van der Waals surface area contributed by atoms with E-state index in [0.29, 0.717) is 23.4 Å². The third-order valence-electron chi connectivity index (χ3n) is 2.85. The zero-order valence-corrected chi connectivity index (χ0v) is 14.1. The van der Waals surface area contributed by atoms with Crippen LogP contribution in [0.4, 0.5) is 11.9 Å². The second-order valence-electron chi connectivity index (χ2n) is 5.06. The summed E-state index contributed by atoms with van der Waals surface area (Å²) in [5.74, 6) is 3.40. The normalized spacial score (nSPS) is 12.4. The van der Waals surface area contributed by atoms with E-state index in [0.717, 1.165) is 18.7 Å². The molecule has 0 aliphatic carbocycles. The second-order valence-corrected chi connectivity index (χ2v) is 6.39. The molecule has 0 aliphatic heterocycles. The molecule has 0 amide bonds. The van der Waals surface area contributed by atoms with Gasteiger partial charge in [0.2, 0.25) is 17.8 Å².